The Kier molecular flexibility index (Phi) is 9.14. The van der Waals surface area contributed by atoms with Crippen molar-refractivity contribution >= 4 is 29.3 Å². The second kappa shape index (κ2) is 12.6. The number of aryl methyl sites for hydroxylation is 1. The SMILES string of the molecule is CCCCOc1nc(N)c2ncc(Cc3cnc(N4CCN(C(=O)CN(C)C(=O)OC(C)(C)C)CC4)c(C)c3)n2n1. The molecule has 0 bridgehead atoms. The number of aromatic nitrogens is 5. The fraction of sp³-hybridized carbons (Fsp3) is 0.571. The van der Waals surface area contributed by atoms with E-state index >= 15 is 0 Å². The molecular formula is C28H41N9O4. The number of ether oxygens (including phenoxy) is 2. The van der Waals surface area contributed by atoms with Crippen LogP contribution in [0.3, 0.4) is 0 Å². The van der Waals surface area contributed by atoms with Crippen LogP contribution in [0.25, 0.3) is 5.65 Å². The molecule has 41 heavy (non-hydrogen) atoms. The number of nitrogens with zero attached hydrogens (tertiary/aromatic N) is 8. The van der Waals surface area contributed by atoms with Gasteiger partial charge in [0.15, 0.2) is 11.5 Å². The van der Waals surface area contributed by atoms with Crippen molar-refractivity contribution in [1.82, 2.24) is 34.4 Å². The van der Waals surface area contributed by atoms with E-state index in [-0.39, 0.29) is 24.3 Å². The van der Waals surface area contributed by atoms with Crippen LogP contribution in [0.15, 0.2) is 18.5 Å². The summed E-state index contributed by atoms with van der Waals surface area (Å²) in [5.41, 5.74) is 8.89. The molecule has 3 aromatic heterocycles. The van der Waals surface area contributed by atoms with Gasteiger partial charge < -0.3 is 29.9 Å². The molecule has 1 aliphatic heterocycles. The van der Waals surface area contributed by atoms with Crippen molar-refractivity contribution in [2.45, 2.75) is 59.5 Å². The zero-order chi connectivity index (χ0) is 29.7. The summed E-state index contributed by atoms with van der Waals surface area (Å²) in [5, 5.41) is 4.49. The molecule has 0 saturated carbocycles. The molecule has 222 valence electrons. The Labute approximate surface area is 240 Å². The number of carbonyl (C=O) groups is 2. The molecule has 4 heterocycles. The first-order chi connectivity index (χ1) is 19.4. The molecule has 13 nitrogen and oxygen atoms in total. The number of piperazine rings is 1. The van der Waals surface area contributed by atoms with Crippen molar-refractivity contribution in [2.75, 3.05) is 57.0 Å². The molecule has 1 aliphatic rings. The van der Waals surface area contributed by atoms with Gasteiger partial charge in [-0.15, -0.1) is 5.10 Å². The minimum atomic E-state index is -0.609. The monoisotopic (exact) mass is 567 g/mol. The van der Waals surface area contributed by atoms with Crippen molar-refractivity contribution in [3.63, 3.8) is 0 Å². The van der Waals surface area contributed by atoms with E-state index in [2.05, 4.69) is 33.0 Å². The average Bonchev–Trinajstić information content (AvgIpc) is 3.31. The summed E-state index contributed by atoms with van der Waals surface area (Å²) in [6.45, 7) is 12.4. The Morgan fingerprint density at radius 2 is 1.85 bits per heavy atom. The summed E-state index contributed by atoms with van der Waals surface area (Å²) in [4.78, 5) is 43.7. The predicted octanol–water partition coefficient (Wildman–Crippen LogP) is 2.70. The summed E-state index contributed by atoms with van der Waals surface area (Å²) in [7, 11) is 1.58. The lowest BCUT2D eigenvalue weighted by Crippen LogP contribution is -2.52. The highest BCUT2D eigenvalue weighted by atomic mass is 16.6. The molecular weight excluding hydrogens is 526 g/mol. The number of nitrogens with two attached hydrogens (primary N) is 1. The largest absolute Gasteiger partial charge is 0.462 e. The highest BCUT2D eigenvalue weighted by Gasteiger charge is 2.26. The zero-order valence-corrected chi connectivity index (χ0v) is 24.9. The molecule has 0 unspecified atom stereocenters. The highest BCUT2D eigenvalue weighted by Crippen LogP contribution is 2.22. The van der Waals surface area contributed by atoms with Gasteiger partial charge in [-0.25, -0.2) is 19.3 Å². The van der Waals surface area contributed by atoms with Gasteiger partial charge in [-0.2, -0.15) is 4.98 Å². The summed E-state index contributed by atoms with van der Waals surface area (Å²) >= 11 is 0. The summed E-state index contributed by atoms with van der Waals surface area (Å²) < 4.78 is 12.7. The Balaban J connectivity index is 1.36. The number of imidazole rings is 1. The van der Waals surface area contributed by atoms with Crippen LogP contribution in [0.4, 0.5) is 16.4 Å². The molecule has 0 spiro atoms. The zero-order valence-electron chi connectivity index (χ0n) is 24.9. The van der Waals surface area contributed by atoms with E-state index in [1.54, 1.807) is 43.4 Å². The number of amides is 2. The van der Waals surface area contributed by atoms with Gasteiger partial charge >= 0.3 is 12.1 Å². The lowest BCUT2D eigenvalue weighted by Gasteiger charge is -2.36. The standard InChI is InChI=1S/C28H41N9O4/c1-7-8-13-40-26-32-23(29)25-31-17-21(37(25)33-26)15-20-14-19(2)24(30-16-20)36-11-9-35(10-12-36)22(38)18-34(6)27(39)41-28(3,4)5/h14,16-17H,7-13,15,18H2,1-6H3,(H2,29,32,33). The van der Waals surface area contributed by atoms with E-state index in [1.165, 1.54) is 4.90 Å². The Hall–Kier alpha value is -4.16. The molecule has 4 rings (SSSR count). The number of hydrogen-bond donors (Lipinski definition) is 1. The van der Waals surface area contributed by atoms with Gasteiger partial charge in [0.05, 0.1) is 18.5 Å². The lowest BCUT2D eigenvalue weighted by molar-refractivity contribution is -0.132. The summed E-state index contributed by atoms with van der Waals surface area (Å²) in [6.07, 6.45) is 5.58. The van der Waals surface area contributed by atoms with Crippen molar-refractivity contribution in [3.05, 3.63) is 35.3 Å². The highest BCUT2D eigenvalue weighted by molar-refractivity contribution is 5.82. The first-order valence-electron chi connectivity index (χ1n) is 14.0. The van der Waals surface area contributed by atoms with Crippen LogP contribution in [0.2, 0.25) is 0 Å². The molecule has 0 radical (unpaired) electrons. The lowest BCUT2D eigenvalue weighted by atomic mass is 10.1. The maximum Gasteiger partial charge on any atom is 0.410 e. The van der Waals surface area contributed by atoms with Crippen LogP contribution < -0.4 is 15.4 Å². The van der Waals surface area contributed by atoms with Crippen LogP contribution >= 0.6 is 0 Å². The number of unbranched alkanes of at least 4 members (excludes halogenated alkanes) is 1. The maximum atomic E-state index is 12.8. The van der Waals surface area contributed by atoms with Gasteiger partial charge in [-0.05, 0) is 45.2 Å². The molecule has 1 fully saturated rings. The maximum absolute atomic E-state index is 12.8. The molecule has 0 aromatic carbocycles. The molecule has 13 heteroatoms. The van der Waals surface area contributed by atoms with Crippen LogP contribution in [-0.2, 0) is 16.0 Å². The van der Waals surface area contributed by atoms with E-state index in [9.17, 15) is 9.59 Å². The molecule has 2 N–H and O–H groups in total. The first kappa shape index (κ1) is 29.8. The van der Waals surface area contributed by atoms with Crippen molar-refractivity contribution < 1.29 is 19.1 Å². The Morgan fingerprint density at radius 1 is 1.12 bits per heavy atom. The van der Waals surface area contributed by atoms with Crippen molar-refractivity contribution in [3.8, 4) is 6.01 Å². The van der Waals surface area contributed by atoms with Crippen molar-refractivity contribution in [1.29, 1.82) is 0 Å². The summed E-state index contributed by atoms with van der Waals surface area (Å²) in [6, 6.07) is 2.35. The third-order valence-corrected chi connectivity index (χ3v) is 6.67. The quantitative estimate of drug-likeness (QED) is 0.383. The fourth-order valence-corrected chi connectivity index (χ4v) is 4.56. The number of hydrogen-bond acceptors (Lipinski definition) is 10. The van der Waals surface area contributed by atoms with E-state index in [1.807, 2.05) is 13.1 Å². The first-order valence-corrected chi connectivity index (χ1v) is 14.0. The van der Waals surface area contributed by atoms with Gasteiger partial charge in [-0.3, -0.25) is 4.79 Å². The predicted molar refractivity (Wildman–Crippen MR) is 155 cm³/mol. The van der Waals surface area contributed by atoms with E-state index in [0.29, 0.717) is 44.9 Å². The van der Waals surface area contributed by atoms with E-state index in [0.717, 1.165) is 35.5 Å². The normalized spacial score (nSPS) is 13.9. The van der Waals surface area contributed by atoms with Crippen LogP contribution in [-0.4, -0.2) is 98.3 Å². The minimum Gasteiger partial charge on any atom is -0.462 e. The topological polar surface area (TPSA) is 144 Å². The van der Waals surface area contributed by atoms with Gasteiger partial charge in [0.25, 0.3) is 0 Å². The number of anilines is 2. The van der Waals surface area contributed by atoms with Crippen LogP contribution in [0.5, 0.6) is 6.01 Å². The molecule has 2 amide bonds. The van der Waals surface area contributed by atoms with Gasteiger partial charge in [0.1, 0.15) is 18.0 Å². The Bertz CT molecular complexity index is 1380. The number of rotatable bonds is 9. The number of pyridine rings is 1. The van der Waals surface area contributed by atoms with Crippen LogP contribution in [0, 0.1) is 6.92 Å². The van der Waals surface area contributed by atoms with Gasteiger partial charge in [0.2, 0.25) is 5.91 Å². The minimum absolute atomic E-state index is 0.0207. The Morgan fingerprint density at radius 3 is 2.51 bits per heavy atom. The smallest absolute Gasteiger partial charge is 0.410 e. The third kappa shape index (κ3) is 7.53. The number of carbonyl (C=O) groups excluding carboxylic acids is 2. The number of likely N-dealkylation sites (N-methyl/N-ethyl adjacent to an activating group) is 1. The summed E-state index contributed by atoms with van der Waals surface area (Å²) in [5.74, 6) is 1.06. The van der Waals surface area contributed by atoms with Crippen LogP contribution in [0.1, 0.15) is 57.4 Å². The number of nitrogen functional groups attached to an aromatic ring is 1. The molecule has 0 atom stereocenters. The van der Waals surface area contributed by atoms with Gasteiger partial charge in [0, 0.05) is 45.8 Å². The second-order valence-corrected chi connectivity index (χ2v) is 11.3. The van der Waals surface area contributed by atoms with E-state index < -0.39 is 11.7 Å². The molecule has 0 aliphatic carbocycles. The van der Waals surface area contributed by atoms with Gasteiger partial charge in [-0.1, -0.05) is 19.4 Å². The second-order valence-electron chi connectivity index (χ2n) is 11.3. The average molecular weight is 568 g/mol. The third-order valence-electron chi connectivity index (χ3n) is 6.67. The molecule has 3 aromatic rings. The number of fused-ring (bicyclic) bond motifs is 1. The van der Waals surface area contributed by atoms with Crippen molar-refractivity contribution in [2.24, 2.45) is 0 Å². The molecule has 1 saturated heterocycles. The fourth-order valence-electron chi connectivity index (χ4n) is 4.56. The van der Waals surface area contributed by atoms with E-state index in [4.69, 9.17) is 20.2 Å².